The van der Waals surface area contributed by atoms with Gasteiger partial charge in [0.1, 0.15) is 13.2 Å². The fourth-order valence-corrected chi connectivity index (χ4v) is 6.50. The highest BCUT2D eigenvalue weighted by molar-refractivity contribution is 5.71. The monoisotopic (exact) mass is 709 g/mol. The van der Waals surface area contributed by atoms with Gasteiger partial charge in [-0.15, -0.1) is 0 Å². The second-order valence-corrected chi connectivity index (χ2v) is 15.0. The third kappa shape index (κ3) is 37.7. The molecule has 0 aliphatic carbocycles. The quantitative estimate of drug-likeness (QED) is 0.0358. The van der Waals surface area contributed by atoms with Gasteiger partial charge in [-0.25, -0.2) is 0 Å². The lowest BCUT2D eigenvalue weighted by Crippen LogP contribution is -2.30. The van der Waals surface area contributed by atoms with Gasteiger partial charge in [0, 0.05) is 19.3 Å². The van der Waals surface area contributed by atoms with Crippen molar-refractivity contribution in [2.24, 2.45) is 0 Å². The molecule has 0 N–H and O–H groups in total. The second kappa shape index (κ2) is 40.2. The van der Waals surface area contributed by atoms with Gasteiger partial charge in [-0.2, -0.15) is 0 Å². The smallest absolute Gasteiger partial charge is 0.306 e. The van der Waals surface area contributed by atoms with Crippen LogP contribution >= 0.6 is 0 Å². The summed E-state index contributed by atoms with van der Waals surface area (Å²) in [6.45, 7) is 6.62. The maximum absolute atomic E-state index is 12.6. The minimum absolute atomic E-state index is 0.0631. The highest BCUT2D eigenvalue weighted by atomic mass is 16.6. The minimum Gasteiger partial charge on any atom is -0.462 e. The molecule has 1 atom stereocenters. The van der Waals surface area contributed by atoms with E-state index in [9.17, 15) is 14.4 Å². The maximum atomic E-state index is 12.6. The van der Waals surface area contributed by atoms with E-state index in [1.54, 1.807) is 0 Å². The first-order chi connectivity index (χ1) is 24.5. The third-order valence-electron chi connectivity index (χ3n) is 9.86. The van der Waals surface area contributed by atoms with Gasteiger partial charge in [-0.05, 0) is 19.3 Å². The molecule has 0 aliphatic rings. The zero-order valence-corrected chi connectivity index (χ0v) is 33.7. The van der Waals surface area contributed by atoms with Crippen LogP contribution in [0.2, 0.25) is 0 Å². The average molecular weight is 709 g/mol. The molecule has 0 aliphatic heterocycles. The van der Waals surface area contributed by atoms with Gasteiger partial charge in [0.15, 0.2) is 6.10 Å². The fraction of sp³-hybridized carbons (Fsp3) is 0.932. The lowest BCUT2D eigenvalue weighted by molar-refractivity contribution is -0.167. The standard InChI is InChI=1S/C44H84O6/c1-4-7-10-13-16-19-22-23-26-28-31-34-37-43(46)49-40-41(50-44(47)38-35-32-29-25-21-18-15-12-9-6-3)39-48-42(45)36-33-30-27-24-20-17-14-11-8-5-2/h41H,4-40H2,1-3H3. The second-order valence-electron chi connectivity index (χ2n) is 15.0. The van der Waals surface area contributed by atoms with Crippen LogP contribution in [0.4, 0.5) is 0 Å². The van der Waals surface area contributed by atoms with Crippen LogP contribution in [0.1, 0.15) is 245 Å². The van der Waals surface area contributed by atoms with E-state index in [-0.39, 0.29) is 31.1 Å². The van der Waals surface area contributed by atoms with Crippen LogP contribution in [0.5, 0.6) is 0 Å². The van der Waals surface area contributed by atoms with Gasteiger partial charge >= 0.3 is 17.9 Å². The van der Waals surface area contributed by atoms with Crippen molar-refractivity contribution in [2.45, 2.75) is 252 Å². The summed E-state index contributed by atoms with van der Waals surface area (Å²) in [6, 6.07) is 0. The van der Waals surface area contributed by atoms with E-state index in [2.05, 4.69) is 20.8 Å². The van der Waals surface area contributed by atoms with Gasteiger partial charge in [0.2, 0.25) is 0 Å². The number of carbonyl (C=O) groups excluding carboxylic acids is 3. The van der Waals surface area contributed by atoms with Gasteiger partial charge in [0.25, 0.3) is 0 Å². The van der Waals surface area contributed by atoms with Crippen LogP contribution in [0.15, 0.2) is 0 Å². The number of hydrogen-bond donors (Lipinski definition) is 0. The molecule has 0 saturated heterocycles. The Kier molecular flexibility index (Phi) is 38.9. The van der Waals surface area contributed by atoms with Gasteiger partial charge in [-0.1, -0.05) is 207 Å². The van der Waals surface area contributed by atoms with Crippen molar-refractivity contribution < 1.29 is 28.6 Å². The molecule has 0 aromatic rings. The number of ether oxygens (including phenoxy) is 3. The molecule has 0 amide bonds. The van der Waals surface area contributed by atoms with Crippen LogP contribution < -0.4 is 0 Å². The van der Waals surface area contributed by atoms with Crippen LogP contribution in [0, 0.1) is 0 Å². The molecule has 0 heterocycles. The topological polar surface area (TPSA) is 78.9 Å². The molecule has 296 valence electrons. The van der Waals surface area contributed by atoms with Crippen molar-refractivity contribution in [3.05, 3.63) is 0 Å². The van der Waals surface area contributed by atoms with Gasteiger partial charge < -0.3 is 14.2 Å². The number of hydrogen-bond acceptors (Lipinski definition) is 6. The SMILES string of the molecule is CCCCCCCCCCCCCCC(=O)OCC(COC(=O)CCCCCCCCCCCC)OC(=O)CCCCCCCCCCCC. The summed E-state index contributed by atoms with van der Waals surface area (Å²) in [5, 5.41) is 0. The van der Waals surface area contributed by atoms with Crippen molar-refractivity contribution in [2.75, 3.05) is 13.2 Å². The third-order valence-corrected chi connectivity index (χ3v) is 9.86. The molecule has 0 aromatic heterocycles. The summed E-state index contributed by atoms with van der Waals surface area (Å²) in [6.07, 6.45) is 39.4. The van der Waals surface area contributed by atoms with Crippen LogP contribution in [-0.4, -0.2) is 37.2 Å². The highest BCUT2D eigenvalue weighted by Gasteiger charge is 2.19. The summed E-state index contributed by atoms with van der Waals surface area (Å²) in [5.41, 5.74) is 0. The van der Waals surface area contributed by atoms with E-state index in [1.807, 2.05) is 0 Å². The van der Waals surface area contributed by atoms with E-state index in [4.69, 9.17) is 14.2 Å². The van der Waals surface area contributed by atoms with Crippen LogP contribution in [-0.2, 0) is 28.6 Å². The number of unbranched alkanes of at least 4 members (excludes halogenated alkanes) is 29. The molecule has 0 radical (unpaired) electrons. The Balaban J connectivity index is 4.32. The first-order valence-electron chi connectivity index (χ1n) is 22.0. The Labute approximate surface area is 310 Å². The number of esters is 3. The Hall–Kier alpha value is -1.59. The van der Waals surface area contributed by atoms with Crippen molar-refractivity contribution in [1.82, 2.24) is 0 Å². The molecule has 6 heteroatoms. The Morgan fingerprint density at radius 1 is 0.320 bits per heavy atom. The lowest BCUT2D eigenvalue weighted by Gasteiger charge is -2.18. The van der Waals surface area contributed by atoms with E-state index in [0.29, 0.717) is 19.3 Å². The fourth-order valence-electron chi connectivity index (χ4n) is 6.50. The average Bonchev–Trinajstić information content (AvgIpc) is 3.11. The summed E-state index contributed by atoms with van der Waals surface area (Å²) in [4.78, 5) is 37.6. The molecular weight excluding hydrogens is 624 g/mol. The van der Waals surface area contributed by atoms with E-state index in [1.165, 1.54) is 148 Å². The molecule has 0 saturated carbocycles. The lowest BCUT2D eigenvalue weighted by atomic mass is 10.0. The van der Waals surface area contributed by atoms with E-state index in [0.717, 1.165) is 57.8 Å². The summed E-state index contributed by atoms with van der Waals surface area (Å²) in [7, 11) is 0. The van der Waals surface area contributed by atoms with Crippen LogP contribution in [0.3, 0.4) is 0 Å². The van der Waals surface area contributed by atoms with Crippen molar-refractivity contribution >= 4 is 17.9 Å². The summed E-state index contributed by atoms with van der Waals surface area (Å²) < 4.78 is 16.7. The van der Waals surface area contributed by atoms with Crippen LogP contribution in [0.25, 0.3) is 0 Å². The Morgan fingerprint density at radius 2 is 0.540 bits per heavy atom. The summed E-state index contributed by atoms with van der Waals surface area (Å²) in [5.74, 6) is -0.857. The molecule has 0 rings (SSSR count). The molecule has 1 unspecified atom stereocenters. The zero-order valence-electron chi connectivity index (χ0n) is 33.7. The van der Waals surface area contributed by atoms with Crippen molar-refractivity contribution in [1.29, 1.82) is 0 Å². The highest BCUT2D eigenvalue weighted by Crippen LogP contribution is 2.15. The Bertz CT molecular complexity index is 738. The normalized spacial score (nSPS) is 11.8. The first kappa shape index (κ1) is 48.4. The summed E-state index contributed by atoms with van der Waals surface area (Å²) >= 11 is 0. The maximum Gasteiger partial charge on any atom is 0.306 e. The molecule has 0 fully saturated rings. The molecular formula is C44H84O6. The minimum atomic E-state index is -0.756. The number of carbonyl (C=O) groups is 3. The predicted octanol–water partition coefficient (Wildman–Crippen LogP) is 13.7. The van der Waals surface area contributed by atoms with Crippen molar-refractivity contribution in [3.63, 3.8) is 0 Å². The zero-order chi connectivity index (χ0) is 36.6. The van der Waals surface area contributed by atoms with Crippen molar-refractivity contribution in [3.8, 4) is 0 Å². The molecule has 0 aromatic carbocycles. The van der Waals surface area contributed by atoms with Gasteiger partial charge in [0.05, 0.1) is 0 Å². The molecule has 0 spiro atoms. The number of rotatable bonds is 40. The van der Waals surface area contributed by atoms with Gasteiger partial charge in [-0.3, -0.25) is 14.4 Å². The van der Waals surface area contributed by atoms with E-state index >= 15 is 0 Å². The first-order valence-corrected chi connectivity index (χ1v) is 22.0. The Morgan fingerprint density at radius 3 is 0.800 bits per heavy atom. The molecule has 6 nitrogen and oxygen atoms in total. The predicted molar refractivity (Wildman–Crippen MR) is 210 cm³/mol. The molecule has 0 bridgehead atoms. The molecule has 50 heavy (non-hydrogen) atoms. The van der Waals surface area contributed by atoms with E-state index < -0.39 is 6.10 Å². The largest absolute Gasteiger partial charge is 0.462 e.